The lowest BCUT2D eigenvalue weighted by molar-refractivity contribution is 0.0780. The number of benzene rings is 1. The first-order valence-corrected chi connectivity index (χ1v) is 8.08. The van der Waals surface area contributed by atoms with Crippen molar-refractivity contribution in [2.24, 2.45) is 5.92 Å². The van der Waals surface area contributed by atoms with Gasteiger partial charge in [-0.05, 0) is 30.5 Å². The van der Waals surface area contributed by atoms with Gasteiger partial charge in [-0.15, -0.1) is 0 Å². The summed E-state index contributed by atoms with van der Waals surface area (Å²) in [5.41, 5.74) is 0.577. The maximum absolute atomic E-state index is 12.5. The van der Waals surface area contributed by atoms with Gasteiger partial charge in [0.1, 0.15) is 5.75 Å². The molecule has 0 aromatic heterocycles. The highest BCUT2D eigenvalue weighted by molar-refractivity contribution is 6.30. The van der Waals surface area contributed by atoms with Crippen LogP contribution >= 0.6 is 11.6 Å². The molecule has 0 aliphatic heterocycles. The van der Waals surface area contributed by atoms with Gasteiger partial charge in [0.05, 0.1) is 12.7 Å². The predicted octanol–water partition coefficient (Wildman–Crippen LogP) is 4.39. The molecule has 1 aliphatic rings. The van der Waals surface area contributed by atoms with Crippen molar-refractivity contribution in [2.45, 2.75) is 38.5 Å². The van der Waals surface area contributed by atoms with Gasteiger partial charge in [-0.25, -0.2) is 0 Å². The molecule has 4 heteroatoms. The summed E-state index contributed by atoms with van der Waals surface area (Å²) in [4.78, 5) is 14.3. The average molecular weight is 310 g/mol. The molecular formula is C17H24ClNO2. The number of halogens is 1. The number of amides is 1. The highest BCUT2D eigenvalue weighted by atomic mass is 35.5. The molecule has 0 heterocycles. The summed E-state index contributed by atoms with van der Waals surface area (Å²) >= 11 is 5.94. The number of nitrogens with zero attached hydrogens (tertiary/aromatic N) is 1. The maximum atomic E-state index is 12.5. The second kappa shape index (κ2) is 7.69. The maximum Gasteiger partial charge on any atom is 0.257 e. The molecule has 0 unspecified atom stereocenters. The van der Waals surface area contributed by atoms with E-state index in [0.717, 1.165) is 18.9 Å². The van der Waals surface area contributed by atoms with Crippen LogP contribution in [0.25, 0.3) is 0 Å². The molecule has 1 amide bonds. The minimum atomic E-state index is -0.000624. The van der Waals surface area contributed by atoms with Crippen molar-refractivity contribution in [3.8, 4) is 5.75 Å². The second-order valence-corrected chi connectivity index (χ2v) is 6.30. The Labute approximate surface area is 132 Å². The molecule has 0 saturated heterocycles. The third-order valence-electron chi connectivity index (χ3n) is 4.34. The van der Waals surface area contributed by atoms with Gasteiger partial charge >= 0.3 is 0 Å². The van der Waals surface area contributed by atoms with E-state index in [9.17, 15) is 4.79 Å². The number of ether oxygens (including phenoxy) is 1. The molecular weight excluding hydrogens is 286 g/mol. The molecule has 116 valence electrons. The third kappa shape index (κ3) is 4.37. The Hall–Kier alpha value is -1.22. The standard InChI is InChI=1S/C17H24ClNO2/c1-19(11-10-13-6-4-3-5-7-13)17(20)15-9-8-14(18)12-16(15)21-2/h8-9,12-13H,3-7,10-11H2,1-2H3. The minimum Gasteiger partial charge on any atom is -0.496 e. The zero-order chi connectivity index (χ0) is 15.2. The van der Waals surface area contributed by atoms with Crippen LogP contribution in [0.15, 0.2) is 18.2 Å². The fraction of sp³-hybridized carbons (Fsp3) is 0.588. The first kappa shape index (κ1) is 16.2. The Kier molecular flexibility index (Phi) is 5.92. The van der Waals surface area contributed by atoms with Crippen LogP contribution in [-0.2, 0) is 0 Å². The van der Waals surface area contributed by atoms with Crippen LogP contribution in [0.1, 0.15) is 48.9 Å². The summed E-state index contributed by atoms with van der Waals surface area (Å²) < 4.78 is 5.26. The molecule has 0 bridgehead atoms. The molecule has 1 fully saturated rings. The molecule has 0 N–H and O–H groups in total. The van der Waals surface area contributed by atoms with E-state index in [0.29, 0.717) is 16.3 Å². The Morgan fingerprint density at radius 1 is 1.33 bits per heavy atom. The predicted molar refractivity (Wildman–Crippen MR) is 86.2 cm³/mol. The SMILES string of the molecule is COc1cc(Cl)ccc1C(=O)N(C)CCC1CCCCC1. The van der Waals surface area contributed by atoms with E-state index < -0.39 is 0 Å². The van der Waals surface area contributed by atoms with E-state index in [2.05, 4.69) is 0 Å². The van der Waals surface area contributed by atoms with Crippen molar-refractivity contribution in [1.29, 1.82) is 0 Å². The van der Waals surface area contributed by atoms with E-state index in [-0.39, 0.29) is 5.91 Å². The normalized spacial score (nSPS) is 15.8. The molecule has 0 atom stereocenters. The summed E-state index contributed by atoms with van der Waals surface area (Å²) in [5, 5.41) is 0.577. The molecule has 21 heavy (non-hydrogen) atoms. The van der Waals surface area contributed by atoms with Crippen molar-refractivity contribution in [3.05, 3.63) is 28.8 Å². The quantitative estimate of drug-likeness (QED) is 0.807. The van der Waals surface area contributed by atoms with E-state index in [1.807, 2.05) is 7.05 Å². The average Bonchev–Trinajstić information content (AvgIpc) is 2.52. The van der Waals surface area contributed by atoms with Crippen LogP contribution in [-0.4, -0.2) is 31.5 Å². The lowest BCUT2D eigenvalue weighted by Crippen LogP contribution is -2.29. The largest absolute Gasteiger partial charge is 0.496 e. The number of hydrogen-bond acceptors (Lipinski definition) is 2. The van der Waals surface area contributed by atoms with Gasteiger partial charge in [0.2, 0.25) is 0 Å². The minimum absolute atomic E-state index is 0.000624. The molecule has 0 radical (unpaired) electrons. The molecule has 1 aromatic carbocycles. The Morgan fingerprint density at radius 2 is 2.05 bits per heavy atom. The molecule has 2 rings (SSSR count). The van der Waals surface area contributed by atoms with Crippen molar-refractivity contribution in [1.82, 2.24) is 4.90 Å². The van der Waals surface area contributed by atoms with Crippen LogP contribution in [0, 0.1) is 5.92 Å². The summed E-state index contributed by atoms with van der Waals surface area (Å²) in [6, 6.07) is 5.15. The summed E-state index contributed by atoms with van der Waals surface area (Å²) in [7, 11) is 3.42. The van der Waals surface area contributed by atoms with Crippen molar-refractivity contribution in [3.63, 3.8) is 0 Å². The number of carbonyl (C=O) groups excluding carboxylic acids is 1. The number of methoxy groups -OCH3 is 1. The van der Waals surface area contributed by atoms with Crippen LogP contribution in [0.4, 0.5) is 0 Å². The first-order chi connectivity index (χ1) is 10.1. The Morgan fingerprint density at radius 3 is 2.71 bits per heavy atom. The zero-order valence-corrected chi connectivity index (χ0v) is 13.7. The Balaban J connectivity index is 1.95. The van der Waals surface area contributed by atoms with Crippen LogP contribution < -0.4 is 4.74 Å². The van der Waals surface area contributed by atoms with E-state index >= 15 is 0 Å². The first-order valence-electron chi connectivity index (χ1n) is 7.71. The number of hydrogen-bond donors (Lipinski definition) is 0. The monoisotopic (exact) mass is 309 g/mol. The molecule has 3 nitrogen and oxygen atoms in total. The topological polar surface area (TPSA) is 29.5 Å². The number of rotatable bonds is 5. The van der Waals surface area contributed by atoms with E-state index in [1.165, 1.54) is 32.1 Å². The van der Waals surface area contributed by atoms with Gasteiger partial charge in [-0.1, -0.05) is 43.7 Å². The molecule has 1 aliphatic carbocycles. The number of carbonyl (C=O) groups is 1. The van der Waals surface area contributed by atoms with Gasteiger partial charge in [-0.2, -0.15) is 0 Å². The van der Waals surface area contributed by atoms with Crippen LogP contribution in [0.2, 0.25) is 5.02 Å². The molecule has 1 saturated carbocycles. The highest BCUT2D eigenvalue weighted by Crippen LogP contribution is 2.27. The molecule has 0 spiro atoms. The lowest BCUT2D eigenvalue weighted by Gasteiger charge is -2.25. The fourth-order valence-electron chi connectivity index (χ4n) is 3.00. The van der Waals surface area contributed by atoms with E-state index in [1.54, 1.807) is 30.2 Å². The van der Waals surface area contributed by atoms with Gasteiger partial charge in [0.25, 0.3) is 5.91 Å². The third-order valence-corrected chi connectivity index (χ3v) is 4.57. The van der Waals surface area contributed by atoms with Crippen molar-refractivity contribution in [2.75, 3.05) is 20.7 Å². The van der Waals surface area contributed by atoms with Crippen LogP contribution in [0.5, 0.6) is 5.75 Å². The molecule has 1 aromatic rings. The van der Waals surface area contributed by atoms with Crippen LogP contribution in [0.3, 0.4) is 0 Å². The van der Waals surface area contributed by atoms with Gasteiger partial charge in [0, 0.05) is 18.6 Å². The second-order valence-electron chi connectivity index (χ2n) is 5.86. The summed E-state index contributed by atoms with van der Waals surface area (Å²) in [6.07, 6.45) is 7.77. The van der Waals surface area contributed by atoms with Gasteiger partial charge in [0.15, 0.2) is 0 Å². The highest BCUT2D eigenvalue weighted by Gasteiger charge is 2.19. The Bertz CT molecular complexity index is 484. The van der Waals surface area contributed by atoms with Gasteiger partial charge < -0.3 is 9.64 Å². The zero-order valence-electron chi connectivity index (χ0n) is 12.9. The van der Waals surface area contributed by atoms with Gasteiger partial charge in [-0.3, -0.25) is 4.79 Å². The summed E-state index contributed by atoms with van der Waals surface area (Å²) in [5.74, 6) is 1.32. The van der Waals surface area contributed by atoms with Crippen molar-refractivity contribution >= 4 is 17.5 Å². The smallest absolute Gasteiger partial charge is 0.257 e. The fourth-order valence-corrected chi connectivity index (χ4v) is 3.16. The lowest BCUT2D eigenvalue weighted by atomic mass is 9.87. The van der Waals surface area contributed by atoms with E-state index in [4.69, 9.17) is 16.3 Å². The van der Waals surface area contributed by atoms with Crippen molar-refractivity contribution < 1.29 is 9.53 Å². The summed E-state index contributed by atoms with van der Waals surface area (Å²) in [6.45, 7) is 0.801.